The maximum absolute atomic E-state index is 5.82. The standard InChI is InChI=1S/C12H17BrN2/c1-15-7-6-10(8-14)12(15)9-2-4-11(13)5-3-9/h2-5,10,12H,6-8,14H2,1H3. The molecule has 2 atom stereocenters. The predicted molar refractivity (Wildman–Crippen MR) is 66.7 cm³/mol. The van der Waals surface area contributed by atoms with Crippen molar-refractivity contribution in [2.75, 3.05) is 20.1 Å². The minimum atomic E-state index is 0.503. The normalized spacial score (nSPS) is 27.1. The highest BCUT2D eigenvalue weighted by molar-refractivity contribution is 9.10. The molecule has 1 aromatic carbocycles. The van der Waals surface area contributed by atoms with Crippen LogP contribution in [0.5, 0.6) is 0 Å². The zero-order valence-electron chi connectivity index (χ0n) is 8.99. The van der Waals surface area contributed by atoms with E-state index in [1.54, 1.807) is 0 Å². The Kier molecular flexibility index (Phi) is 3.44. The largest absolute Gasteiger partial charge is 0.330 e. The summed E-state index contributed by atoms with van der Waals surface area (Å²) in [6.45, 7) is 1.94. The SMILES string of the molecule is CN1CCC(CN)C1c1ccc(Br)cc1. The van der Waals surface area contributed by atoms with Crippen LogP contribution >= 0.6 is 15.9 Å². The van der Waals surface area contributed by atoms with Gasteiger partial charge in [0.25, 0.3) is 0 Å². The second kappa shape index (κ2) is 4.64. The zero-order chi connectivity index (χ0) is 10.8. The highest BCUT2D eigenvalue weighted by Gasteiger charge is 2.31. The van der Waals surface area contributed by atoms with Crippen molar-refractivity contribution in [2.24, 2.45) is 11.7 Å². The summed E-state index contributed by atoms with van der Waals surface area (Å²) in [6, 6.07) is 9.10. The summed E-state index contributed by atoms with van der Waals surface area (Å²) < 4.78 is 1.14. The van der Waals surface area contributed by atoms with Crippen LogP contribution in [-0.4, -0.2) is 25.0 Å². The number of nitrogens with two attached hydrogens (primary N) is 1. The van der Waals surface area contributed by atoms with Crippen LogP contribution in [0.15, 0.2) is 28.7 Å². The van der Waals surface area contributed by atoms with Crippen LogP contribution in [0.25, 0.3) is 0 Å². The van der Waals surface area contributed by atoms with Gasteiger partial charge in [0.1, 0.15) is 0 Å². The third-order valence-corrected chi connectivity index (χ3v) is 3.82. The first-order valence-electron chi connectivity index (χ1n) is 5.38. The van der Waals surface area contributed by atoms with Gasteiger partial charge in [-0.15, -0.1) is 0 Å². The number of halogens is 1. The Labute approximate surface area is 99.6 Å². The van der Waals surface area contributed by atoms with E-state index in [2.05, 4.69) is 52.1 Å². The topological polar surface area (TPSA) is 29.3 Å². The molecule has 0 radical (unpaired) electrons. The Bertz CT molecular complexity index is 323. The van der Waals surface area contributed by atoms with Crippen molar-refractivity contribution in [3.05, 3.63) is 34.3 Å². The minimum Gasteiger partial charge on any atom is -0.330 e. The average molecular weight is 269 g/mol. The molecule has 1 aromatic rings. The molecule has 2 nitrogen and oxygen atoms in total. The maximum atomic E-state index is 5.82. The van der Waals surface area contributed by atoms with Gasteiger partial charge in [0.2, 0.25) is 0 Å². The molecule has 2 rings (SSSR count). The highest BCUT2D eigenvalue weighted by atomic mass is 79.9. The van der Waals surface area contributed by atoms with Gasteiger partial charge in [-0.05, 0) is 50.2 Å². The molecule has 0 spiro atoms. The summed E-state index contributed by atoms with van der Waals surface area (Å²) >= 11 is 3.46. The molecule has 0 amide bonds. The van der Waals surface area contributed by atoms with E-state index in [0.29, 0.717) is 12.0 Å². The summed E-state index contributed by atoms with van der Waals surface area (Å²) in [5.74, 6) is 0.608. The van der Waals surface area contributed by atoms with Gasteiger partial charge in [-0.25, -0.2) is 0 Å². The number of rotatable bonds is 2. The number of nitrogens with zero attached hydrogens (tertiary/aromatic N) is 1. The van der Waals surface area contributed by atoms with Crippen molar-refractivity contribution in [3.8, 4) is 0 Å². The maximum Gasteiger partial charge on any atom is 0.0385 e. The van der Waals surface area contributed by atoms with Gasteiger partial charge in [-0.1, -0.05) is 28.1 Å². The smallest absolute Gasteiger partial charge is 0.0385 e. The molecule has 1 saturated heterocycles. The van der Waals surface area contributed by atoms with E-state index in [0.717, 1.165) is 17.6 Å². The van der Waals surface area contributed by atoms with Gasteiger partial charge in [0.15, 0.2) is 0 Å². The number of hydrogen-bond acceptors (Lipinski definition) is 2. The quantitative estimate of drug-likeness (QED) is 0.893. The molecule has 82 valence electrons. The molecule has 1 aliphatic heterocycles. The van der Waals surface area contributed by atoms with Crippen LogP contribution in [0.2, 0.25) is 0 Å². The lowest BCUT2D eigenvalue weighted by atomic mass is 9.94. The second-order valence-electron chi connectivity index (χ2n) is 4.26. The summed E-state index contributed by atoms with van der Waals surface area (Å²) in [5.41, 5.74) is 7.20. The zero-order valence-corrected chi connectivity index (χ0v) is 10.6. The summed E-state index contributed by atoms with van der Waals surface area (Å²) in [5, 5.41) is 0. The Balaban J connectivity index is 2.24. The van der Waals surface area contributed by atoms with Gasteiger partial charge in [0.05, 0.1) is 0 Å². The van der Waals surface area contributed by atoms with Crippen LogP contribution in [0, 0.1) is 5.92 Å². The minimum absolute atomic E-state index is 0.503. The van der Waals surface area contributed by atoms with E-state index in [1.807, 2.05) is 0 Å². The van der Waals surface area contributed by atoms with Crippen molar-refractivity contribution in [2.45, 2.75) is 12.5 Å². The molecule has 0 bridgehead atoms. The molecule has 3 heteroatoms. The van der Waals surface area contributed by atoms with Crippen LogP contribution in [-0.2, 0) is 0 Å². The first-order valence-corrected chi connectivity index (χ1v) is 6.17. The molecule has 1 heterocycles. The van der Waals surface area contributed by atoms with E-state index in [9.17, 15) is 0 Å². The summed E-state index contributed by atoms with van der Waals surface area (Å²) in [6.07, 6.45) is 1.22. The third kappa shape index (κ3) is 2.25. The van der Waals surface area contributed by atoms with Crippen LogP contribution < -0.4 is 5.73 Å². The predicted octanol–water partition coefficient (Wildman–Crippen LogP) is 2.40. The third-order valence-electron chi connectivity index (χ3n) is 3.29. The number of likely N-dealkylation sites (tertiary alicyclic amines) is 1. The molecule has 2 unspecified atom stereocenters. The fourth-order valence-electron chi connectivity index (χ4n) is 2.46. The lowest BCUT2D eigenvalue weighted by Gasteiger charge is -2.24. The van der Waals surface area contributed by atoms with Gasteiger partial charge >= 0.3 is 0 Å². The number of hydrogen-bond donors (Lipinski definition) is 1. The average Bonchev–Trinajstić information content (AvgIpc) is 2.61. The summed E-state index contributed by atoms with van der Waals surface area (Å²) in [7, 11) is 2.18. The van der Waals surface area contributed by atoms with Crippen LogP contribution in [0.1, 0.15) is 18.0 Å². The molecule has 0 saturated carbocycles. The van der Waals surface area contributed by atoms with Crippen molar-refractivity contribution in [1.29, 1.82) is 0 Å². The first kappa shape index (κ1) is 11.1. The Morgan fingerprint density at radius 3 is 2.67 bits per heavy atom. The van der Waals surface area contributed by atoms with Gasteiger partial charge in [-0.3, -0.25) is 4.90 Å². The fraction of sp³-hybridized carbons (Fsp3) is 0.500. The second-order valence-corrected chi connectivity index (χ2v) is 5.18. The Morgan fingerprint density at radius 2 is 2.07 bits per heavy atom. The molecular formula is C12H17BrN2. The number of benzene rings is 1. The molecule has 0 aromatic heterocycles. The monoisotopic (exact) mass is 268 g/mol. The first-order chi connectivity index (χ1) is 7.22. The Morgan fingerprint density at radius 1 is 1.40 bits per heavy atom. The van der Waals surface area contributed by atoms with Gasteiger partial charge in [-0.2, -0.15) is 0 Å². The summed E-state index contributed by atoms with van der Waals surface area (Å²) in [4.78, 5) is 2.40. The molecule has 1 aliphatic rings. The van der Waals surface area contributed by atoms with E-state index in [1.165, 1.54) is 12.0 Å². The Hall–Kier alpha value is -0.380. The lowest BCUT2D eigenvalue weighted by molar-refractivity contribution is 0.279. The molecular weight excluding hydrogens is 252 g/mol. The van der Waals surface area contributed by atoms with Crippen molar-refractivity contribution >= 4 is 15.9 Å². The van der Waals surface area contributed by atoms with Gasteiger partial charge in [0, 0.05) is 10.5 Å². The van der Waals surface area contributed by atoms with Crippen LogP contribution in [0.4, 0.5) is 0 Å². The highest BCUT2D eigenvalue weighted by Crippen LogP contribution is 2.35. The van der Waals surface area contributed by atoms with E-state index in [4.69, 9.17) is 5.73 Å². The molecule has 0 aliphatic carbocycles. The van der Waals surface area contributed by atoms with E-state index >= 15 is 0 Å². The lowest BCUT2D eigenvalue weighted by Crippen LogP contribution is -2.25. The van der Waals surface area contributed by atoms with Crippen molar-refractivity contribution in [3.63, 3.8) is 0 Å². The molecule has 15 heavy (non-hydrogen) atoms. The van der Waals surface area contributed by atoms with Crippen LogP contribution in [0.3, 0.4) is 0 Å². The van der Waals surface area contributed by atoms with Gasteiger partial charge < -0.3 is 5.73 Å². The molecule has 2 N–H and O–H groups in total. The van der Waals surface area contributed by atoms with Crippen molar-refractivity contribution < 1.29 is 0 Å². The van der Waals surface area contributed by atoms with Crippen molar-refractivity contribution in [1.82, 2.24) is 4.90 Å². The van der Waals surface area contributed by atoms with E-state index in [-0.39, 0.29) is 0 Å². The van der Waals surface area contributed by atoms with E-state index < -0.39 is 0 Å². The fourth-order valence-corrected chi connectivity index (χ4v) is 2.72. The molecule has 1 fully saturated rings.